The number of para-hydroxylation sites is 1. The summed E-state index contributed by atoms with van der Waals surface area (Å²) in [5.74, 6) is 2.80. The monoisotopic (exact) mass is 495 g/mol. The van der Waals surface area contributed by atoms with Gasteiger partial charge in [-0.25, -0.2) is 14.8 Å². The van der Waals surface area contributed by atoms with Gasteiger partial charge in [0.1, 0.15) is 17.3 Å². The Kier molecular flexibility index (Phi) is 6.53. The van der Waals surface area contributed by atoms with E-state index in [0.29, 0.717) is 18.2 Å². The molecular weight excluding hydrogens is 466 g/mol. The number of aryl methyl sites for hydroxylation is 4. The van der Waals surface area contributed by atoms with Crippen molar-refractivity contribution in [3.63, 3.8) is 0 Å². The van der Waals surface area contributed by atoms with Crippen molar-refractivity contribution >= 4 is 17.2 Å². The maximum atomic E-state index is 11.1. The van der Waals surface area contributed by atoms with Crippen molar-refractivity contribution in [3.05, 3.63) is 89.1 Å². The Labute approximate surface area is 215 Å². The van der Waals surface area contributed by atoms with Crippen molar-refractivity contribution in [1.82, 2.24) is 14.5 Å². The highest BCUT2D eigenvalue weighted by molar-refractivity contribution is 5.84. The van der Waals surface area contributed by atoms with Crippen LogP contribution < -0.4 is 4.74 Å². The van der Waals surface area contributed by atoms with Crippen LogP contribution in [0.15, 0.2) is 65.1 Å². The van der Waals surface area contributed by atoms with E-state index in [1.165, 1.54) is 0 Å². The maximum Gasteiger partial charge on any atom is 0.511 e. The van der Waals surface area contributed by atoms with E-state index < -0.39 is 6.16 Å². The van der Waals surface area contributed by atoms with Crippen molar-refractivity contribution in [2.45, 2.75) is 47.1 Å². The topological polar surface area (TPSA) is 90.4 Å². The summed E-state index contributed by atoms with van der Waals surface area (Å²) in [6.45, 7) is 8.77. The molecule has 0 aliphatic heterocycles. The molecule has 5 rings (SSSR count). The minimum absolute atomic E-state index is 0.314. The van der Waals surface area contributed by atoms with E-state index in [2.05, 4.69) is 47.7 Å². The summed E-state index contributed by atoms with van der Waals surface area (Å²) in [4.78, 5) is 20.7. The molecule has 5 aromatic rings. The molecule has 0 saturated carbocycles. The molecule has 2 aromatic heterocycles. The number of hydrogen-bond acceptors (Lipinski definition) is 5. The van der Waals surface area contributed by atoms with E-state index in [9.17, 15) is 4.79 Å². The number of hydrogen-bond donors (Lipinski definition) is 1. The molecule has 188 valence electrons. The summed E-state index contributed by atoms with van der Waals surface area (Å²) >= 11 is 0. The zero-order chi connectivity index (χ0) is 26.1. The Morgan fingerprint density at radius 3 is 2.43 bits per heavy atom. The molecule has 0 fully saturated rings. The van der Waals surface area contributed by atoms with Gasteiger partial charge in [0.05, 0.1) is 16.7 Å². The SMILES string of the molecule is CCCc1nc2c(C)cc(-c3nc(C)c(C)o3)cc2n1Cc1ccc(-c2ccccc2OC(=O)O)cc1. The standard InChI is InChI=1S/C30H29N3O4/c1-5-8-27-32-28-18(2)15-23(29-31-19(3)20(4)36-29)16-25(28)33(27)17-21-11-13-22(14-12-21)24-9-6-7-10-26(24)37-30(34)35/h6-7,9-16H,5,8,17H2,1-4H3,(H,34,35). The number of fused-ring (bicyclic) bond motifs is 1. The lowest BCUT2D eigenvalue weighted by atomic mass is 10.0. The van der Waals surface area contributed by atoms with Gasteiger partial charge >= 0.3 is 6.16 Å². The second kappa shape index (κ2) is 9.93. The van der Waals surface area contributed by atoms with Crippen LogP contribution in [0.4, 0.5) is 4.79 Å². The summed E-state index contributed by atoms with van der Waals surface area (Å²) in [7, 11) is 0. The molecule has 37 heavy (non-hydrogen) atoms. The zero-order valence-electron chi connectivity index (χ0n) is 21.4. The Balaban J connectivity index is 1.53. The fourth-order valence-corrected chi connectivity index (χ4v) is 4.61. The minimum atomic E-state index is -1.33. The number of imidazole rings is 1. The van der Waals surface area contributed by atoms with Gasteiger partial charge in [-0.2, -0.15) is 0 Å². The van der Waals surface area contributed by atoms with Gasteiger partial charge in [0, 0.05) is 24.1 Å². The molecule has 0 bridgehead atoms. The number of ether oxygens (including phenoxy) is 1. The van der Waals surface area contributed by atoms with Gasteiger partial charge in [0.15, 0.2) is 0 Å². The van der Waals surface area contributed by atoms with E-state index >= 15 is 0 Å². The normalized spacial score (nSPS) is 11.2. The Morgan fingerprint density at radius 1 is 1.00 bits per heavy atom. The van der Waals surface area contributed by atoms with E-state index in [0.717, 1.165) is 69.0 Å². The molecular formula is C30H29N3O4. The highest BCUT2D eigenvalue weighted by Crippen LogP contribution is 2.32. The third kappa shape index (κ3) is 4.85. The molecule has 0 aliphatic rings. The summed E-state index contributed by atoms with van der Waals surface area (Å²) < 4.78 is 13.2. The van der Waals surface area contributed by atoms with Crippen molar-refractivity contribution < 1.29 is 19.1 Å². The first-order valence-electron chi connectivity index (χ1n) is 12.4. The Hall–Kier alpha value is -4.39. The highest BCUT2D eigenvalue weighted by atomic mass is 16.7. The van der Waals surface area contributed by atoms with Crippen molar-refractivity contribution in [1.29, 1.82) is 0 Å². The number of nitrogens with zero attached hydrogens (tertiary/aromatic N) is 3. The van der Waals surface area contributed by atoms with Gasteiger partial charge < -0.3 is 18.8 Å². The third-order valence-electron chi connectivity index (χ3n) is 6.56. The first-order chi connectivity index (χ1) is 17.8. The smallest absolute Gasteiger partial charge is 0.449 e. The molecule has 0 unspecified atom stereocenters. The van der Waals surface area contributed by atoms with Gasteiger partial charge in [-0.05, 0) is 62.1 Å². The van der Waals surface area contributed by atoms with E-state index in [1.54, 1.807) is 12.1 Å². The van der Waals surface area contributed by atoms with Crippen molar-refractivity contribution in [2.24, 2.45) is 0 Å². The van der Waals surface area contributed by atoms with Crippen LogP contribution >= 0.6 is 0 Å². The number of rotatable bonds is 7. The summed E-state index contributed by atoms with van der Waals surface area (Å²) in [5.41, 5.74) is 7.69. The predicted molar refractivity (Wildman–Crippen MR) is 143 cm³/mol. The van der Waals surface area contributed by atoms with Crippen LogP contribution in [-0.2, 0) is 13.0 Å². The minimum Gasteiger partial charge on any atom is -0.449 e. The van der Waals surface area contributed by atoms with Crippen LogP contribution in [0.2, 0.25) is 0 Å². The summed E-state index contributed by atoms with van der Waals surface area (Å²) in [5, 5.41) is 9.07. The number of aromatic nitrogens is 3. The molecule has 0 saturated heterocycles. The Morgan fingerprint density at radius 2 is 1.76 bits per heavy atom. The first-order valence-corrected chi connectivity index (χ1v) is 12.4. The van der Waals surface area contributed by atoms with Crippen LogP contribution in [0.25, 0.3) is 33.6 Å². The average molecular weight is 496 g/mol. The number of carbonyl (C=O) groups is 1. The van der Waals surface area contributed by atoms with Crippen LogP contribution in [0, 0.1) is 20.8 Å². The molecule has 2 heterocycles. The first kappa shape index (κ1) is 24.3. The van der Waals surface area contributed by atoms with Crippen molar-refractivity contribution in [3.8, 4) is 28.3 Å². The molecule has 3 aromatic carbocycles. The quantitative estimate of drug-likeness (QED) is 0.188. The molecule has 0 radical (unpaired) electrons. The van der Waals surface area contributed by atoms with E-state index in [4.69, 9.17) is 19.2 Å². The number of carboxylic acid groups (broad SMARTS) is 1. The third-order valence-corrected chi connectivity index (χ3v) is 6.56. The van der Waals surface area contributed by atoms with Crippen LogP contribution in [0.5, 0.6) is 5.75 Å². The summed E-state index contributed by atoms with van der Waals surface area (Å²) in [6, 6.07) is 19.4. The molecule has 0 aliphatic carbocycles. The lowest BCUT2D eigenvalue weighted by Gasteiger charge is -2.12. The molecule has 1 N–H and O–H groups in total. The highest BCUT2D eigenvalue weighted by Gasteiger charge is 2.17. The Bertz CT molecular complexity index is 1580. The van der Waals surface area contributed by atoms with Crippen molar-refractivity contribution in [2.75, 3.05) is 0 Å². The van der Waals surface area contributed by atoms with Crippen LogP contribution in [-0.4, -0.2) is 25.8 Å². The molecule has 0 atom stereocenters. The van der Waals surface area contributed by atoms with E-state index in [-0.39, 0.29) is 0 Å². The van der Waals surface area contributed by atoms with Gasteiger partial charge in [-0.15, -0.1) is 0 Å². The summed E-state index contributed by atoms with van der Waals surface area (Å²) in [6.07, 6.45) is 0.537. The average Bonchev–Trinajstić information content (AvgIpc) is 3.39. The number of benzene rings is 3. The van der Waals surface area contributed by atoms with Gasteiger partial charge in [-0.1, -0.05) is 49.4 Å². The zero-order valence-corrected chi connectivity index (χ0v) is 21.4. The lowest BCUT2D eigenvalue weighted by Crippen LogP contribution is -2.05. The molecule has 7 nitrogen and oxygen atoms in total. The van der Waals surface area contributed by atoms with Gasteiger partial charge in [0.2, 0.25) is 5.89 Å². The molecule has 0 amide bonds. The largest absolute Gasteiger partial charge is 0.511 e. The number of oxazole rings is 1. The second-order valence-electron chi connectivity index (χ2n) is 9.25. The fourth-order valence-electron chi connectivity index (χ4n) is 4.61. The van der Waals surface area contributed by atoms with Gasteiger partial charge in [0.25, 0.3) is 0 Å². The predicted octanol–water partition coefficient (Wildman–Crippen LogP) is 7.34. The van der Waals surface area contributed by atoms with Gasteiger partial charge in [-0.3, -0.25) is 0 Å². The van der Waals surface area contributed by atoms with Crippen LogP contribution in [0.1, 0.15) is 41.8 Å². The molecule has 0 spiro atoms. The maximum absolute atomic E-state index is 11.1. The molecule has 7 heteroatoms. The lowest BCUT2D eigenvalue weighted by molar-refractivity contribution is 0.144. The van der Waals surface area contributed by atoms with E-state index in [1.807, 2.05) is 38.1 Å². The fraction of sp³-hybridized carbons (Fsp3) is 0.233. The van der Waals surface area contributed by atoms with Crippen LogP contribution in [0.3, 0.4) is 0 Å². The second-order valence-corrected chi connectivity index (χ2v) is 9.25.